The van der Waals surface area contributed by atoms with Crippen molar-refractivity contribution < 1.29 is 19.5 Å². The summed E-state index contributed by atoms with van der Waals surface area (Å²) in [6, 6.07) is 7.28. The number of hydrogen-bond donors (Lipinski definition) is 3. The van der Waals surface area contributed by atoms with Crippen LogP contribution < -0.4 is 10.6 Å². The lowest BCUT2D eigenvalue weighted by molar-refractivity contribution is -0.149. The number of carbonyl (C=O) groups excluding carboxylic acids is 2. The van der Waals surface area contributed by atoms with Crippen LogP contribution in [0.5, 0.6) is 0 Å². The number of carboxylic acid groups (broad SMARTS) is 1. The van der Waals surface area contributed by atoms with Crippen LogP contribution in [0.2, 0.25) is 0 Å². The molecule has 6 nitrogen and oxygen atoms in total. The SMILES string of the molecule is O=C(Nc1cccc(CNC(=O)C2(C(=O)O)CC2)c1)C1CCCC1. The molecule has 6 heteroatoms. The zero-order chi connectivity index (χ0) is 17.2. The van der Waals surface area contributed by atoms with E-state index in [1.54, 1.807) is 0 Å². The van der Waals surface area contributed by atoms with E-state index in [1.807, 2.05) is 24.3 Å². The third-order valence-electron chi connectivity index (χ3n) is 4.97. The van der Waals surface area contributed by atoms with Crippen LogP contribution in [-0.4, -0.2) is 22.9 Å². The lowest BCUT2D eigenvalue weighted by atomic mass is 10.1. The molecule has 24 heavy (non-hydrogen) atoms. The molecule has 0 aromatic heterocycles. The fraction of sp³-hybridized carbons (Fsp3) is 0.500. The number of carbonyl (C=O) groups is 3. The monoisotopic (exact) mass is 330 g/mol. The highest BCUT2D eigenvalue weighted by Crippen LogP contribution is 2.46. The van der Waals surface area contributed by atoms with Crippen LogP contribution in [0.1, 0.15) is 44.1 Å². The van der Waals surface area contributed by atoms with Gasteiger partial charge >= 0.3 is 5.97 Å². The van der Waals surface area contributed by atoms with E-state index in [1.165, 1.54) is 0 Å². The predicted molar refractivity (Wildman–Crippen MR) is 88.2 cm³/mol. The maximum absolute atomic E-state index is 12.2. The third kappa shape index (κ3) is 3.42. The van der Waals surface area contributed by atoms with Crippen molar-refractivity contribution in [3.63, 3.8) is 0 Å². The van der Waals surface area contributed by atoms with E-state index in [-0.39, 0.29) is 18.4 Å². The topological polar surface area (TPSA) is 95.5 Å². The van der Waals surface area contributed by atoms with Crippen LogP contribution in [0.15, 0.2) is 24.3 Å². The highest BCUT2D eigenvalue weighted by Gasteiger charge is 2.56. The molecular weight excluding hydrogens is 308 g/mol. The average molecular weight is 330 g/mol. The number of anilines is 1. The molecule has 3 N–H and O–H groups in total. The van der Waals surface area contributed by atoms with Crippen molar-refractivity contribution in [3.8, 4) is 0 Å². The first kappa shape index (κ1) is 16.5. The minimum atomic E-state index is -1.23. The Balaban J connectivity index is 1.56. The zero-order valence-electron chi connectivity index (χ0n) is 13.5. The summed E-state index contributed by atoms with van der Waals surface area (Å²) in [7, 11) is 0. The molecule has 2 amide bonds. The number of amides is 2. The van der Waals surface area contributed by atoms with Crippen LogP contribution in [0.3, 0.4) is 0 Å². The Morgan fingerprint density at radius 2 is 1.88 bits per heavy atom. The largest absolute Gasteiger partial charge is 0.480 e. The summed E-state index contributed by atoms with van der Waals surface area (Å²) in [5.74, 6) is -1.34. The lowest BCUT2D eigenvalue weighted by Crippen LogP contribution is -2.36. The number of nitrogens with one attached hydrogen (secondary N) is 2. The van der Waals surface area contributed by atoms with Gasteiger partial charge in [0.05, 0.1) is 0 Å². The summed E-state index contributed by atoms with van der Waals surface area (Å²) in [5.41, 5.74) is 0.306. The average Bonchev–Trinajstić information content (AvgIpc) is 3.20. The van der Waals surface area contributed by atoms with E-state index >= 15 is 0 Å². The fourth-order valence-corrected chi connectivity index (χ4v) is 3.21. The van der Waals surface area contributed by atoms with E-state index in [2.05, 4.69) is 10.6 Å². The van der Waals surface area contributed by atoms with E-state index in [9.17, 15) is 14.4 Å². The van der Waals surface area contributed by atoms with Crippen molar-refractivity contribution in [2.75, 3.05) is 5.32 Å². The number of hydrogen-bond acceptors (Lipinski definition) is 3. The number of rotatable bonds is 6. The minimum absolute atomic E-state index is 0.0523. The second-order valence-electron chi connectivity index (χ2n) is 6.74. The summed E-state index contributed by atoms with van der Waals surface area (Å²) < 4.78 is 0. The normalized spacial score (nSPS) is 18.8. The molecule has 0 saturated heterocycles. The predicted octanol–water partition coefficient (Wildman–Crippen LogP) is 2.30. The molecule has 1 aromatic carbocycles. The van der Waals surface area contributed by atoms with Gasteiger partial charge in [0.1, 0.15) is 5.41 Å². The highest BCUT2D eigenvalue weighted by atomic mass is 16.4. The van der Waals surface area contributed by atoms with Crippen molar-refractivity contribution >= 4 is 23.5 Å². The van der Waals surface area contributed by atoms with E-state index < -0.39 is 17.3 Å². The standard InChI is InChI=1S/C18H22N2O4/c21-15(13-5-1-2-6-13)20-14-7-3-4-12(10-14)11-19-16(22)18(8-9-18)17(23)24/h3-4,7,10,13H,1-2,5-6,8-9,11H2,(H,19,22)(H,20,21)(H,23,24). The van der Waals surface area contributed by atoms with Gasteiger partial charge in [-0.25, -0.2) is 0 Å². The smallest absolute Gasteiger partial charge is 0.319 e. The zero-order valence-corrected chi connectivity index (χ0v) is 13.5. The molecule has 2 aliphatic carbocycles. The first-order valence-electron chi connectivity index (χ1n) is 8.43. The van der Waals surface area contributed by atoms with Crippen molar-refractivity contribution in [2.24, 2.45) is 11.3 Å². The fourth-order valence-electron chi connectivity index (χ4n) is 3.21. The quantitative estimate of drug-likeness (QED) is 0.697. The molecule has 0 radical (unpaired) electrons. The second-order valence-corrected chi connectivity index (χ2v) is 6.74. The minimum Gasteiger partial charge on any atom is -0.480 e. The molecule has 0 atom stereocenters. The van der Waals surface area contributed by atoms with E-state index in [4.69, 9.17) is 5.11 Å². The van der Waals surface area contributed by atoms with Gasteiger partial charge in [-0.2, -0.15) is 0 Å². The molecule has 2 fully saturated rings. The molecule has 0 unspecified atom stereocenters. The van der Waals surface area contributed by atoms with Gasteiger partial charge in [-0.3, -0.25) is 14.4 Å². The molecule has 0 bridgehead atoms. The molecule has 2 saturated carbocycles. The Morgan fingerprint density at radius 1 is 1.17 bits per heavy atom. The Kier molecular flexibility index (Phi) is 4.55. The summed E-state index contributed by atoms with van der Waals surface area (Å²) >= 11 is 0. The molecule has 1 aromatic rings. The first-order valence-corrected chi connectivity index (χ1v) is 8.43. The van der Waals surface area contributed by atoms with Gasteiger partial charge in [-0.05, 0) is 43.4 Å². The number of aliphatic carboxylic acids is 1. The van der Waals surface area contributed by atoms with Gasteiger partial charge in [0.25, 0.3) is 0 Å². The summed E-state index contributed by atoms with van der Waals surface area (Å²) in [6.45, 7) is 0.251. The van der Waals surface area contributed by atoms with Gasteiger partial charge in [0, 0.05) is 18.2 Å². The Morgan fingerprint density at radius 3 is 2.50 bits per heavy atom. The molecular formula is C18H22N2O4. The van der Waals surface area contributed by atoms with Crippen molar-refractivity contribution in [3.05, 3.63) is 29.8 Å². The van der Waals surface area contributed by atoms with Gasteiger partial charge in [0.15, 0.2) is 0 Å². The molecule has 0 heterocycles. The summed E-state index contributed by atoms with van der Waals surface area (Å²) in [6.07, 6.45) is 4.89. The maximum atomic E-state index is 12.2. The third-order valence-corrected chi connectivity index (χ3v) is 4.97. The van der Waals surface area contributed by atoms with Crippen LogP contribution in [0.25, 0.3) is 0 Å². The van der Waals surface area contributed by atoms with Gasteiger partial charge in [0.2, 0.25) is 11.8 Å². The van der Waals surface area contributed by atoms with E-state index in [0.717, 1.165) is 31.2 Å². The van der Waals surface area contributed by atoms with Crippen molar-refractivity contribution in [1.82, 2.24) is 5.32 Å². The summed E-state index contributed by atoms with van der Waals surface area (Å²) in [4.78, 5) is 35.3. The molecule has 0 aliphatic heterocycles. The number of carboxylic acids is 1. The summed E-state index contributed by atoms with van der Waals surface area (Å²) in [5, 5.41) is 14.7. The second kappa shape index (κ2) is 6.63. The van der Waals surface area contributed by atoms with E-state index in [0.29, 0.717) is 18.5 Å². The number of benzene rings is 1. The van der Waals surface area contributed by atoms with Crippen LogP contribution in [-0.2, 0) is 20.9 Å². The molecule has 0 spiro atoms. The van der Waals surface area contributed by atoms with Crippen LogP contribution >= 0.6 is 0 Å². The Hall–Kier alpha value is -2.37. The van der Waals surface area contributed by atoms with Crippen molar-refractivity contribution in [1.29, 1.82) is 0 Å². The molecule has 3 rings (SSSR count). The van der Waals surface area contributed by atoms with Crippen LogP contribution in [0.4, 0.5) is 5.69 Å². The van der Waals surface area contributed by atoms with Gasteiger partial charge in [-0.15, -0.1) is 0 Å². The van der Waals surface area contributed by atoms with Gasteiger partial charge < -0.3 is 15.7 Å². The molecule has 2 aliphatic rings. The molecule has 128 valence electrons. The highest BCUT2D eigenvalue weighted by molar-refractivity contribution is 6.04. The first-order chi connectivity index (χ1) is 11.5. The maximum Gasteiger partial charge on any atom is 0.319 e. The lowest BCUT2D eigenvalue weighted by Gasteiger charge is -2.13. The van der Waals surface area contributed by atoms with Gasteiger partial charge in [-0.1, -0.05) is 25.0 Å². The van der Waals surface area contributed by atoms with Crippen molar-refractivity contribution in [2.45, 2.75) is 45.1 Å². The Labute approximate surface area is 140 Å². The van der Waals surface area contributed by atoms with Crippen LogP contribution in [0, 0.1) is 11.3 Å². The Bertz CT molecular complexity index is 661.